The van der Waals surface area contributed by atoms with E-state index in [1.165, 1.54) is 0 Å². The van der Waals surface area contributed by atoms with Crippen LogP contribution < -0.4 is 5.48 Å². The first-order valence-corrected chi connectivity index (χ1v) is 8.60. The second-order valence-corrected chi connectivity index (χ2v) is 6.45. The maximum Gasteiger partial charge on any atom is 0.257 e. The lowest BCUT2D eigenvalue weighted by molar-refractivity contribution is -0.135. The molecule has 1 atom stereocenters. The van der Waals surface area contributed by atoms with E-state index in [9.17, 15) is 4.79 Å². The van der Waals surface area contributed by atoms with Gasteiger partial charge in [-0.3, -0.25) is 14.5 Å². The van der Waals surface area contributed by atoms with Crippen LogP contribution in [0.3, 0.4) is 0 Å². The van der Waals surface area contributed by atoms with Crippen molar-refractivity contribution in [1.82, 2.24) is 14.9 Å². The van der Waals surface area contributed by atoms with Gasteiger partial charge in [-0.2, -0.15) is 0 Å². The number of hydrogen-bond acceptors (Lipinski definition) is 3. The van der Waals surface area contributed by atoms with E-state index < -0.39 is 0 Å². The van der Waals surface area contributed by atoms with Gasteiger partial charge in [0.15, 0.2) is 0 Å². The summed E-state index contributed by atoms with van der Waals surface area (Å²) in [4.78, 5) is 19.2. The van der Waals surface area contributed by atoms with Gasteiger partial charge in [-0.05, 0) is 36.8 Å². The smallest absolute Gasteiger partial charge is 0.257 e. The lowest BCUT2D eigenvalue weighted by atomic mass is 10.00. The molecular weight excluding hydrogens is 349 g/mol. The average molecular weight is 368 g/mol. The van der Waals surface area contributed by atoms with Gasteiger partial charge in [0.05, 0.1) is 29.2 Å². The number of hydrogen-bond donors (Lipinski definition) is 1. The number of benzene rings is 1. The number of carbonyl (C=O) groups excluding carboxylic acids is 1. The molecule has 0 fully saturated rings. The minimum atomic E-state index is -0.165. The number of rotatable bonds is 5. The lowest BCUT2D eigenvalue weighted by Crippen LogP contribution is -2.44. The van der Waals surface area contributed by atoms with Crippen LogP contribution in [-0.2, 0) is 16.2 Å². The van der Waals surface area contributed by atoms with Crippen molar-refractivity contribution in [1.29, 1.82) is 0 Å². The van der Waals surface area contributed by atoms with Crippen LogP contribution in [-0.4, -0.2) is 35.1 Å². The number of hydroxylamine groups is 1. The molecule has 1 N–H and O–H groups in total. The Labute approximate surface area is 151 Å². The van der Waals surface area contributed by atoms with Crippen molar-refractivity contribution < 1.29 is 9.63 Å². The highest BCUT2D eigenvalue weighted by Gasteiger charge is 2.30. The number of aromatic nitrogens is 1. The molecule has 128 valence electrons. The van der Waals surface area contributed by atoms with Crippen LogP contribution in [0.15, 0.2) is 36.5 Å². The summed E-state index contributed by atoms with van der Waals surface area (Å²) in [7, 11) is 0. The van der Waals surface area contributed by atoms with E-state index in [2.05, 4.69) is 27.2 Å². The third-order valence-electron chi connectivity index (χ3n) is 4.07. The van der Waals surface area contributed by atoms with Crippen molar-refractivity contribution in [2.24, 2.45) is 0 Å². The zero-order chi connectivity index (χ0) is 17.1. The summed E-state index contributed by atoms with van der Waals surface area (Å²) in [6, 6.07) is 9.64. The number of nitrogens with one attached hydrogen (secondary N) is 1. The fourth-order valence-corrected chi connectivity index (χ4v) is 3.34. The average Bonchev–Trinajstić information content (AvgIpc) is 3.04. The van der Waals surface area contributed by atoms with Gasteiger partial charge in [0, 0.05) is 25.0 Å². The van der Waals surface area contributed by atoms with E-state index in [-0.39, 0.29) is 18.5 Å². The Morgan fingerprint density at radius 3 is 2.88 bits per heavy atom. The summed E-state index contributed by atoms with van der Waals surface area (Å²) >= 11 is 12.2. The van der Waals surface area contributed by atoms with E-state index >= 15 is 0 Å². The maximum atomic E-state index is 12.1. The standard InChI is InChI=1S/C17H19Cl2N3O2/c1-2-24-20-16(23)11-22-9-8-21-7-3-4-15(21)17(22)12-5-6-13(18)14(19)10-12/h3-7,10,17H,2,8-9,11H2,1H3,(H,20,23). The Kier molecular flexibility index (Phi) is 5.46. The highest BCUT2D eigenvalue weighted by Crippen LogP contribution is 2.35. The predicted octanol–water partition coefficient (Wildman–Crippen LogP) is 3.27. The zero-order valence-corrected chi connectivity index (χ0v) is 14.8. The number of fused-ring (bicyclic) bond motifs is 1. The van der Waals surface area contributed by atoms with Crippen molar-refractivity contribution in [3.63, 3.8) is 0 Å². The minimum Gasteiger partial charge on any atom is -0.348 e. The Balaban J connectivity index is 1.90. The summed E-state index contributed by atoms with van der Waals surface area (Å²) in [6.07, 6.45) is 2.05. The predicted molar refractivity (Wildman–Crippen MR) is 94.1 cm³/mol. The van der Waals surface area contributed by atoms with Gasteiger partial charge in [-0.25, -0.2) is 5.48 Å². The number of carbonyl (C=O) groups is 1. The molecule has 0 bridgehead atoms. The van der Waals surface area contributed by atoms with Gasteiger partial charge < -0.3 is 4.57 Å². The van der Waals surface area contributed by atoms with Crippen LogP contribution in [0.1, 0.15) is 24.2 Å². The van der Waals surface area contributed by atoms with Crippen LogP contribution in [0.4, 0.5) is 0 Å². The number of halogens is 2. The summed E-state index contributed by atoms with van der Waals surface area (Å²) in [5, 5.41) is 1.03. The molecule has 1 aromatic carbocycles. The van der Waals surface area contributed by atoms with E-state index in [0.717, 1.165) is 24.3 Å². The fourth-order valence-electron chi connectivity index (χ4n) is 3.04. The van der Waals surface area contributed by atoms with E-state index in [4.69, 9.17) is 28.0 Å². The molecule has 5 nitrogen and oxygen atoms in total. The van der Waals surface area contributed by atoms with Crippen molar-refractivity contribution in [2.75, 3.05) is 19.7 Å². The monoisotopic (exact) mass is 367 g/mol. The highest BCUT2D eigenvalue weighted by molar-refractivity contribution is 6.42. The Bertz CT molecular complexity index is 732. The summed E-state index contributed by atoms with van der Waals surface area (Å²) < 4.78 is 2.20. The molecule has 1 aliphatic heterocycles. The fraction of sp³-hybridized carbons (Fsp3) is 0.353. The van der Waals surface area contributed by atoms with Crippen molar-refractivity contribution in [3.05, 3.63) is 57.8 Å². The molecule has 2 aromatic rings. The Morgan fingerprint density at radius 1 is 1.29 bits per heavy atom. The second kappa shape index (κ2) is 7.57. The third-order valence-corrected chi connectivity index (χ3v) is 4.81. The Morgan fingerprint density at radius 2 is 2.12 bits per heavy atom. The van der Waals surface area contributed by atoms with Crippen LogP contribution in [0, 0.1) is 0 Å². The zero-order valence-electron chi connectivity index (χ0n) is 13.3. The van der Waals surface area contributed by atoms with E-state index in [0.29, 0.717) is 16.7 Å². The largest absolute Gasteiger partial charge is 0.348 e. The second-order valence-electron chi connectivity index (χ2n) is 5.63. The molecule has 0 saturated carbocycles. The van der Waals surface area contributed by atoms with Crippen molar-refractivity contribution in [3.8, 4) is 0 Å². The van der Waals surface area contributed by atoms with Crippen LogP contribution >= 0.6 is 23.2 Å². The van der Waals surface area contributed by atoms with Crippen LogP contribution in [0.2, 0.25) is 10.0 Å². The number of amides is 1. The summed E-state index contributed by atoms with van der Waals surface area (Å²) in [5.74, 6) is -0.165. The van der Waals surface area contributed by atoms with Crippen LogP contribution in [0.5, 0.6) is 0 Å². The molecule has 7 heteroatoms. The van der Waals surface area contributed by atoms with Crippen molar-refractivity contribution >= 4 is 29.1 Å². The molecular formula is C17H19Cl2N3O2. The lowest BCUT2D eigenvalue weighted by Gasteiger charge is -2.36. The normalized spacial score (nSPS) is 17.5. The third kappa shape index (κ3) is 3.59. The first-order valence-electron chi connectivity index (χ1n) is 7.84. The molecule has 0 radical (unpaired) electrons. The van der Waals surface area contributed by atoms with Gasteiger partial charge in [0.1, 0.15) is 0 Å². The Hall–Kier alpha value is -1.53. The molecule has 0 aliphatic carbocycles. The topological polar surface area (TPSA) is 46.5 Å². The molecule has 0 spiro atoms. The first kappa shape index (κ1) is 17.3. The van der Waals surface area contributed by atoms with Gasteiger partial charge in [0.2, 0.25) is 0 Å². The van der Waals surface area contributed by atoms with Gasteiger partial charge >= 0.3 is 0 Å². The molecule has 0 saturated heterocycles. The molecule has 1 aliphatic rings. The van der Waals surface area contributed by atoms with Crippen LogP contribution in [0.25, 0.3) is 0 Å². The molecule has 1 unspecified atom stereocenters. The molecule has 1 amide bonds. The first-order chi connectivity index (χ1) is 11.6. The van der Waals surface area contributed by atoms with Gasteiger partial charge in [-0.15, -0.1) is 0 Å². The molecule has 1 aromatic heterocycles. The minimum absolute atomic E-state index is 0.0594. The summed E-state index contributed by atoms with van der Waals surface area (Å²) in [6.45, 7) is 4.10. The highest BCUT2D eigenvalue weighted by atomic mass is 35.5. The van der Waals surface area contributed by atoms with Crippen molar-refractivity contribution in [2.45, 2.75) is 19.5 Å². The molecule has 2 heterocycles. The number of nitrogens with zero attached hydrogens (tertiary/aromatic N) is 2. The molecule has 24 heavy (non-hydrogen) atoms. The molecule has 3 rings (SSSR count). The SMILES string of the molecule is CCONC(=O)CN1CCn2cccc2C1c1ccc(Cl)c(Cl)c1. The van der Waals surface area contributed by atoms with E-state index in [1.54, 1.807) is 6.07 Å². The van der Waals surface area contributed by atoms with Gasteiger partial charge in [0.25, 0.3) is 5.91 Å². The quantitative estimate of drug-likeness (QED) is 0.824. The van der Waals surface area contributed by atoms with Gasteiger partial charge in [-0.1, -0.05) is 29.3 Å². The maximum absolute atomic E-state index is 12.1. The van der Waals surface area contributed by atoms with E-state index in [1.807, 2.05) is 25.1 Å². The summed E-state index contributed by atoms with van der Waals surface area (Å²) in [5.41, 5.74) is 4.59.